The van der Waals surface area contributed by atoms with Gasteiger partial charge in [-0.15, -0.1) is 0 Å². The zero-order chi connectivity index (χ0) is 19.8. The Balaban J connectivity index is 1.46. The Kier molecular flexibility index (Phi) is 6.86. The molecule has 1 aliphatic heterocycles. The van der Waals surface area contributed by atoms with Crippen LogP contribution in [-0.4, -0.2) is 44.8 Å². The molecule has 148 valence electrons. The van der Waals surface area contributed by atoms with Crippen molar-refractivity contribution in [3.63, 3.8) is 0 Å². The first kappa shape index (κ1) is 19.7. The lowest BCUT2D eigenvalue weighted by Crippen LogP contribution is -2.35. The molecule has 1 aliphatic rings. The Hall–Kier alpha value is -3.06. The number of carbonyl (C=O) groups is 2. The number of hydrogen-bond acceptors (Lipinski definition) is 5. The molecule has 28 heavy (non-hydrogen) atoms. The van der Waals surface area contributed by atoms with Gasteiger partial charge in [-0.25, -0.2) is 0 Å². The maximum atomic E-state index is 12.4. The monoisotopic (exact) mass is 384 g/mol. The largest absolute Gasteiger partial charge is 0.496 e. The van der Waals surface area contributed by atoms with Gasteiger partial charge in [0.05, 0.1) is 18.8 Å². The van der Waals surface area contributed by atoms with Gasteiger partial charge in [0.15, 0.2) is 6.61 Å². The van der Waals surface area contributed by atoms with Crippen LogP contribution < -0.4 is 20.1 Å². The maximum Gasteiger partial charge on any atom is 0.259 e. The van der Waals surface area contributed by atoms with Gasteiger partial charge in [-0.3, -0.25) is 9.59 Å². The van der Waals surface area contributed by atoms with Gasteiger partial charge < -0.3 is 24.8 Å². The lowest BCUT2D eigenvalue weighted by molar-refractivity contribution is -0.123. The number of nitrogens with one attached hydrogen (secondary N) is 2. The summed E-state index contributed by atoms with van der Waals surface area (Å²) in [5, 5.41) is 5.61. The van der Waals surface area contributed by atoms with E-state index in [1.54, 1.807) is 48.5 Å². The van der Waals surface area contributed by atoms with Gasteiger partial charge >= 0.3 is 0 Å². The summed E-state index contributed by atoms with van der Waals surface area (Å²) in [7, 11) is 1.52. The van der Waals surface area contributed by atoms with Crippen LogP contribution in [0.1, 0.15) is 23.2 Å². The highest BCUT2D eigenvalue weighted by Gasteiger charge is 2.16. The number of carbonyl (C=O) groups excluding carboxylic acids is 2. The molecule has 1 heterocycles. The van der Waals surface area contributed by atoms with E-state index in [2.05, 4.69) is 10.6 Å². The van der Waals surface area contributed by atoms with E-state index >= 15 is 0 Å². The van der Waals surface area contributed by atoms with Gasteiger partial charge in [-0.05, 0) is 49.2 Å². The van der Waals surface area contributed by atoms with Crippen molar-refractivity contribution in [1.29, 1.82) is 0 Å². The molecule has 0 spiro atoms. The van der Waals surface area contributed by atoms with Crippen LogP contribution in [0.15, 0.2) is 48.5 Å². The molecule has 0 aromatic heterocycles. The molecule has 7 heteroatoms. The molecule has 7 nitrogen and oxygen atoms in total. The summed E-state index contributed by atoms with van der Waals surface area (Å²) >= 11 is 0. The van der Waals surface area contributed by atoms with E-state index in [0.29, 0.717) is 29.3 Å². The minimum Gasteiger partial charge on any atom is -0.496 e. The Morgan fingerprint density at radius 2 is 1.93 bits per heavy atom. The quantitative estimate of drug-likeness (QED) is 0.731. The van der Waals surface area contributed by atoms with Crippen LogP contribution in [0.5, 0.6) is 11.5 Å². The van der Waals surface area contributed by atoms with E-state index in [9.17, 15) is 9.59 Å². The molecule has 1 fully saturated rings. The van der Waals surface area contributed by atoms with Crippen molar-refractivity contribution in [3.8, 4) is 11.5 Å². The van der Waals surface area contributed by atoms with Crippen molar-refractivity contribution in [2.75, 3.05) is 32.2 Å². The highest BCUT2D eigenvalue weighted by atomic mass is 16.5. The van der Waals surface area contributed by atoms with Gasteiger partial charge in [0.25, 0.3) is 11.8 Å². The van der Waals surface area contributed by atoms with Gasteiger partial charge in [-0.2, -0.15) is 0 Å². The molecule has 2 amide bonds. The molecule has 0 aliphatic carbocycles. The van der Waals surface area contributed by atoms with Crippen LogP contribution in [0.4, 0.5) is 5.69 Å². The molecule has 0 unspecified atom stereocenters. The zero-order valence-electron chi connectivity index (χ0n) is 15.8. The average Bonchev–Trinajstić information content (AvgIpc) is 3.25. The summed E-state index contributed by atoms with van der Waals surface area (Å²) in [6, 6.07) is 13.8. The van der Waals surface area contributed by atoms with E-state index in [1.807, 2.05) is 0 Å². The van der Waals surface area contributed by atoms with E-state index in [0.717, 1.165) is 19.4 Å². The van der Waals surface area contributed by atoms with E-state index in [4.69, 9.17) is 14.2 Å². The van der Waals surface area contributed by atoms with Crippen molar-refractivity contribution >= 4 is 17.5 Å². The lowest BCUT2D eigenvalue weighted by Gasteiger charge is -2.12. The van der Waals surface area contributed by atoms with E-state index < -0.39 is 0 Å². The van der Waals surface area contributed by atoms with Crippen LogP contribution in [0.2, 0.25) is 0 Å². The molecular formula is C21H24N2O5. The van der Waals surface area contributed by atoms with Gasteiger partial charge in [0.2, 0.25) is 0 Å². The number of benzene rings is 2. The van der Waals surface area contributed by atoms with Crippen LogP contribution in [0.3, 0.4) is 0 Å². The number of hydrogen-bond donors (Lipinski definition) is 2. The number of ether oxygens (including phenoxy) is 3. The third kappa shape index (κ3) is 5.47. The first-order valence-corrected chi connectivity index (χ1v) is 9.21. The van der Waals surface area contributed by atoms with Gasteiger partial charge in [0.1, 0.15) is 11.5 Å². The molecule has 1 saturated heterocycles. The summed E-state index contributed by atoms with van der Waals surface area (Å²) < 4.78 is 16.1. The number of anilines is 1. The highest BCUT2D eigenvalue weighted by Crippen LogP contribution is 2.20. The third-order valence-corrected chi connectivity index (χ3v) is 4.38. The van der Waals surface area contributed by atoms with Crippen molar-refractivity contribution in [2.45, 2.75) is 18.9 Å². The van der Waals surface area contributed by atoms with Gasteiger partial charge in [-0.1, -0.05) is 12.1 Å². The summed E-state index contributed by atoms with van der Waals surface area (Å²) in [6.45, 7) is 1.20. The number of amides is 2. The summed E-state index contributed by atoms with van der Waals surface area (Å²) in [5.74, 6) is 0.597. The molecule has 3 rings (SSSR count). The molecule has 2 aromatic carbocycles. The molecule has 1 atom stereocenters. The standard InChI is InChI=1S/C21H24N2O5/c1-26-19-7-3-2-6-18(19)21(25)23-15-8-10-16(11-9-15)28-14-20(24)22-13-17-5-4-12-27-17/h2-3,6-11,17H,4-5,12-14H2,1H3,(H,22,24)(H,23,25)/t17-/m1/s1. The molecule has 0 radical (unpaired) electrons. The fraction of sp³-hybridized carbons (Fsp3) is 0.333. The molecule has 0 saturated carbocycles. The lowest BCUT2D eigenvalue weighted by atomic mass is 10.2. The molecule has 2 N–H and O–H groups in total. The molecule has 0 bridgehead atoms. The summed E-state index contributed by atoms with van der Waals surface area (Å²) in [4.78, 5) is 24.2. The fourth-order valence-electron chi connectivity index (χ4n) is 2.90. The van der Waals surface area contributed by atoms with Crippen LogP contribution in [-0.2, 0) is 9.53 Å². The molecule has 2 aromatic rings. The SMILES string of the molecule is COc1ccccc1C(=O)Nc1ccc(OCC(=O)NC[C@H]2CCCO2)cc1. The van der Waals surface area contributed by atoms with Crippen molar-refractivity contribution in [1.82, 2.24) is 5.32 Å². The topological polar surface area (TPSA) is 85.9 Å². The summed E-state index contributed by atoms with van der Waals surface area (Å²) in [6.07, 6.45) is 2.12. The number of para-hydroxylation sites is 1. The second kappa shape index (κ2) is 9.75. The first-order chi connectivity index (χ1) is 13.7. The number of rotatable bonds is 8. The third-order valence-electron chi connectivity index (χ3n) is 4.38. The summed E-state index contributed by atoms with van der Waals surface area (Å²) in [5.41, 5.74) is 1.07. The normalized spacial score (nSPS) is 15.7. The second-order valence-electron chi connectivity index (χ2n) is 6.41. The van der Waals surface area contributed by atoms with Crippen LogP contribution >= 0.6 is 0 Å². The van der Waals surface area contributed by atoms with Crippen molar-refractivity contribution in [3.05, 3.63) is 54.1 Å². The van der Waals surface area contributed by atoms with Crippen LogP contribution in [0, 0.1) is 0 Å². The number of methoxy groups -OCH3 is 1. The minimum atomic E-state index is -0.264. The zero-order valence-corrected chi connectivity index (χ0v) is 15.8. The van der Waals surface area contributed by atoms with Gasteiger partial charge in [0, 0.05) is 18.8 Å². The highest BCUT2D eigenvalue weighted by molar-refractivity contribution is 6.06. The van der Waals surface area contributed by atoms with E-state index in [-0.39, 0.29) is 24.5 Å². The Bertz CT molecular complexity index is 801. The predicted molar refractivity (Wildman–Crippen MR) is 105 cm³/mol. The first-order valence-electron chi connectivity index (χ1n) is 9.21. The van der Waals surface area contributed by atoms with Crippen LogP contribution in [0.25, 0.3) is 0 Å². The smallest absolute Gasteiger partial charge is 0.259 e. The van der Waals surface area contributed by atoms with E-state index in [1.165, 1.54) is 7.11 Å². The minimum absolute atomic E-state index is 0.0698. The Labute approximate surface area is 164 Å². The fourth-order valence-corrected chi connectivity index (χ4v) is 2.90. The predicted octanol–water partition coefficient (Wildman–Crippen LogP) is 2.62. The average molecular weight is 384 g/mol. The maximum absolute atomic E-state index is 12.4. The Morgan fingerprint density at radius 3 is 2.64 bits per heavy atom. The van der Waals surface area contributed by atoms with Crippen molar-refractivity contribution in [2.24, 2.45) is 0 Å². The Morgan fingerprint density at radius 1 is 1.14 bits per heavy atom. The van der Waals surface area contributed by atoms with Crippen molar-refractivity contribution < 1.29 is 23.8 Å². The second-order valence-corrected chi connectivity index (χ2v) is 6.41. The molecular weight excluding hydrogens is 360 g/mol.